The molecule has 0 aliphatic carbocycles. The largest absolute Gasteiger partial charge is 0.481 e. The number of carbonyl (C=O) groups is 1. The monoisotopic (exact) mass is 342 g/mol. The van der Waals surface area contributed by atoms with E-state index < -0.39 is 17.3 Å². The number of rotatable bonds is 3. The topological polar surface area (TPSA) is 94.8 Å². The molecule has 7 nitrogen and oxygen atoms in total. The molecule has 8 heteroatoms. The van der Waals surface area contributed by atoms with Crippen molar-refractivity contribution in [3.63, 3.8) is 0 Å². The average Bonchev–Trinajstić information content (AvgIpc) is 3.06. The molecular weight excluding hydrogens is 325 g/mol. The molecule has 0 aromatic carbocycles. The van der Waals surface area contributed by atoms with Gasteiger partial charge in [0.2, 0.25) is 5.82 Å². The van der Waals surface area contributed by atoms with E-state index in [9.17, 15) is 14.3 Å². The Morgan fingerprint density at radius 3 is 3.00 bits per heavy atom. The van der Waals surface area contributed by atoms with Crippen LogP contribution in [0.3, 0.4) is 0 Å². The third-order valence-electron chi connectivity index (χ3n) is 4.75. The highest BCUT2D eigenvalue weighted by Gasteiger charge is 2.47. The van der Waals surface area contributed by atoms with Gasteiger partial charge in [0, 0.05) is 17.6 Å². The number of pyridine rings is 1. The fraction of sp³-hybridized carbons (Fsp3) is 0.294. The van der Waals surface area contributed by atoms with E-state index in [1.165, 1.54) is 6.07 Å². The van der Waals surface area contributed by atoms with Crippen LogP contribution >= 0.6 is 0 Å². The van der Waals surface area contributed by atoms with Gasteiger partial charge in [0.15, 0.2) is 0 Å². The highest BCUT2D eigenvalue weighted by atomic mass is 19.1. The quantitative estimate of drug-likeness (QED) is 0.633. The lowest BCUT2D eigenvalue weighted by molar-refractivity contribution is -0.728. The highest BCUT2D eigenvalue weighted by molar-refractivity contribution is 5.90. The second-order valence-corrected chi connectivity index (χ2v) is 6.69. The van der Waals surface area contributed by atoms with Gasteiger partial charge in [0.25, 0.3) is 5.82 Å². The maximum Gasteiger partial charge on any atom is 0.307 e. The molecule has 3 N–H and O–H groups in total. The third kappa shape index (κ3) is 2.33. The van der Waals surface area contributed by atoms with E-state index in [-0.39, 0.29) is 12.5 Å². The van der Waals surface area contributed by atoms with Crippen molar-refractivity contribution in [1.29, 1.82) is 0 Å². The first-order valence-electron chi connectivity index (χ1n) is 7.91. The van der Waals surface area contributed by atoms with Crippen molar-refractivity contribution in [3.05, 3.63) is 36.5 Å². The van der Waals surface area contributed by atoms with Gasteiger partial charge in [-0.2, -0.15) is 0 Å². The van der Waals surface area contributed by atoms with Gasteiger partial charge in [-0.25, -0.2) is 13.9 Å². The molecule has 1 aliphatic rings. The van der Waals surface area contributed by atoms with Crippen LogP contribution in [-0.4, -0.2) is 32.1 Å². The number of nitrogens with one attached hydrogen (secondary N) is 2. The number of carboxylic acid groups (broad SMARTS) is 1. The molecule has 1 atom stereocenters. The van der Waals surface area contributed by atoms with Crippen LogP contribution in [0, 0.1) is 5.82 Å². The minimum Gasteiger partial charge on any atom is -0.481 e. The highest BCUT2D eigenvalue weighted by Crippen LogP contribution is 2.33. The molecule has 0 spiro atoms. The predicted molar refractivity (Wildman–Crippen MR) is 88.5 cm³/mol. The number of nitrogens with zero attached hydrogens (tertiary/aromatic N) is 3. The molecule has 4 heterocycles. The molecule has 0 fully saturated rings. The molecule has 0 saturated heterocycles. The second kappa shape index (κ2) is 5.23. The first-order valence-corrected chi connectivity index (χ1v) is 7.91. The number of fused-ring (bicyclic) bond motifs is 2. The van der Waals surface area contributed by atoms with Gasteiger partial charge in [0.05, 0.1) is 18.2 Å². The van der Waals surface area contributed by atoms with Crippen molar-refractivity contribution in [2.45, 2.75) is 31.8 Å². The molecule has 0 amide bonds. The van der Waals surface area contributed by atoms with Crippen molar-refractivity contribution in [2.75, 3.05) is 5.32 Å². The standard InChI is InChI=1S/C17H16FN5O2/c1-17(2)12(6-14(24)25)22-13-3-4-19-16(23(13)17)11-8-21-15-10(11)5-9(18)7-20-15/h3-5,7-8,12H,6H2,1-2H3,(H2,19,20,21,22,24,25)/p+1. The van der Waals surface area contributed by atoms with Crippen LogP contribution in [0.4, 0.5) is 10.2 Å². The van der Waals surface area contributed by atoms with E-state index in [2.05, 4.69) is 20.3 Å². The Kier molecular flexibility index (Phi) is 3.24. The Morgan fingerprint density at radius 2 is 2.24 bits per heavy atom. The number of aliphatic carboxylic acids is 1. The summed E-state index contributed by atoms with van der Waals surface area (Å²) in [5, 5.41) is 13.1. The van der Waals surface area contributed by atoms with Gasteiger partial charge < -0.3 is 10.1 Å². The van der Waals surface area contributed by atoms with E-state index in [0.29, 0.717) is 16.9 Å². The minimum atomic E-state index is -0.869. The number of hydrogen-bond acceptors (Lipinski definition) is 4. The van der Waals surface area contributed by atoms with E-state index in [0.717, 1.165) is 17.6 Å². The van der Waals surface area contributed by atoms with E-state index in [4.69, 9.17) is 0 Å². The van der Waals surface area contributed by atoms with Crippen LogP contribution < -0.4 is 9.88 Å². The molecule has 128 valence electrons. The van der Waals surface area contributed by atoms with E-state index in [1.54, 1.807) is 18.5 Å². The zero-order valence-corrected chi connectivity index (χ0v) is 13.7. The minimum absolute atomic E-state index is 0.0157. The molecule has 0 bridgehead atoms. The SMILES string of the molecule is CC1(C)C(CC(=O)O)Nc2ccnc(-c3c[nH]c4ncc(F)cc34)[n+]21. The molecule has 3 aromatic rings. The van der Waals surface area contributed by atoms with E-state index in [1.807, 2.05) is 18.4 Å². The number of hydrogen-bond donors (Lipinski definition) is 3. The Labute approximate surface area is 142 Å². The van der Waals surface area contributed by atoms with Crippen molar-refractivity contribution >= 4 is 22.8 Å². The number of aromatic amines is 1. The fourth-order valence-electron chi connectivity index (χ4n) is 3.46. The molecular formula is C17H17FN5O2+. The zero-order chi connectivity index (χ0) is 17.8. The van der Waals surface area contributed by atoms with Crippen LogP contribution in [0.2, 0.25) is 0 Å². The molecule has 0 radical (unpaired) electrons. The lowest BCUT2D eigenvalue weighted by Crippen LogP contribution is -2.56. The lowest BCUT2D eigenvalue weighted by Gasteiger charge is -2.23. The maximum absolute atomic E-state index is 13.7. The van der Waals surface area contributed by atoms with Gasteiger partial charge in [-0.15, -0.1) is 4.98 Å². The Hall–Kier alpha value is -3.03. The van der Waals surface area contributed by atoms with Crippen LogP contribution in [0.15, 0.2) is 30.7 Å². The summed E-state index contributed by atoms with van der Waals surface area (Å²) in [4.78, 5) is 22.8. The number of anilines is 1. The first-order chi connectivity index (χ1) is 11.9. The third-order valence-corrected chi connectivity index (χ3v) is 4.75. The summed E-state index contributed by atoms with van der Waals surface area (Å²) in [5.41, 5.74) is 0.763. The van der Waals surface area contributed by atoms with Crippen LogP contribution in [-0.2, 0) is 10.3 Å². The molecule has 1 aliphatic heterocycles. The van der Waals surface area contributed by atoms with Gasteiger partial charge >= 0.3 is 5.97 Å². The van der Waals surface area contributed by atoms with Gasteiger partial charge in [-0.1, -0.05) is 0 Å². The van der Waals surface area contributed by atoms with Crippen molar-refractivity contribution in [2.24, 2.45) is 0 Å². The number of carboxylic acids is 1. The zero-order valence-electron chi connectivity index (χ0n) is 13.7. The maximum atomic E-state index is 13.7. The average molecular weight is 342 g/mol. The summed E-state index contributed by atoms with van der Waals surface area (Å²) in [5.74, 6) is 0.112. The predicted octanol–water partition coefficient (Wildman–Crippen LogP) is 2.06. The van der Waals surface area contributed by atoms with E-state index >= 15 is 0 Å². The summed E-state index contributed by atoms with van der Waals surface area (Å²) < 4.78 is 15.6. The number of H-pyrrole nitrogens is 1. The van der Waals surface area contributed by atoms with Gasteiger partial charge in [-0.3, -0.25) is 10.1 Å². The Morgan fingerprint density at radius 1 is 1.44 bits per heavy atom. The van der Waals surface area contributed by atoms with Crippen molar-refractivity contribution in [3.8, 4) is 11.4 Å². The van der Waals surface area contributed by atoms with Crippen molar-refractivity contribution < 1.29 is 18.9 Å². The Balaban J connectivity index is 1.91. The van der Waals surface area contributed by atoms with Gasteiger partial charge in [-0.05, 0) is 19.9 Å². The number of aromatic nitrogens is 4. The fourth-order valence-corrected chi connectivity index (χ4v) is 3.46. The van der Waals surface area contributed by atoms with Gasteiger partial charge in [0.1, 0.15) is 29.2 Å². The Bertz CT molecular complexity index is 998. The van der Waals surface area contributed by atoms with Crippen molar-refractivity contribution in [1.82, 2.24) is 15.0 Å². The number of halogens is 1. The first kappa shape index (κ1) is 15.5. The summed E-state index contributed by atoms with van der Waals surface area (Å²) in [6.45, 7) is 3.92. The summed E-state index contributed by atoms with van der Waals surface area (Å²) in [7, 11) is 0. The second-order valence-electron chi connectivity index (χ2n) is 6.69. The molecule has 3 aromatic heterocycles. The van der Waals surface area contributed by atoms with Crippen LogP contribution in [0.5, 0.6) is 0 Å². The molecule has 1 unspecified atom stereocenters. The molecule has 4 rings (SSSR count). The molecule has 0 saturated carbocycles. The normalized spacial score (nSPS) is 18.1. The van der Waals surface area contributed by atoms with Crippen LogP contribution in [0.25, 0.3) is 22.4 Å². The smallest absolute Gasteiger partial charge is 0.307 e. The lowest BCUT2D eigenvalue weighted by atomic mass is 9.93. The van der Waals surface area contributed by atoms with Crippen LogP contribution in [0.1, 0.15) is 20.3 Å². The summed E-state index contributed by atoms with van der Waals surface area (Å²) in [6, 6.07) is 2.94. The summed E-state index contributed by atoms with van der Waals surface area (Å²) >= 11 is 0. The summed E-state index contributed by atoms with van der Waals surface area (Å²) in [6.07, 6.45) is 4.54. The molecule has 25 heavy (non-hydrogen) atoms.